The highest BCUT2D eigenvalue weighted by Gasteiger charge is 2.09. The lowest BCUT2D eigenvalue weighted by Crippen LogP contribution is -2.25. The second-order valence-electron chi connectivity index (χ2n) is 6.96. The van der Waals surface area contributed by atoms with Gasteiger partial charge in [-0.25, -0.2) is 0 Å². The van der Waals surface area contributed by atoms with Gasteiger partial charge in [-0.1, -0.05) is 13.0 Å². The van der Waals surface area contributed by atoms with Crippen LogP contribution in [0.3, 0.4) is 0 Å². The van der Waals surface area contributed by atoms with Crippen molar-refractivity contribution < 1.29 is 19.1 Å². The summed E-state index contributed by atoms with van der Waals surface area (Å²) >= 11 is 0. The number of carbonyl (C=O) groups excluding carboxylic acids is 3. The van der Waals surface area contributed by atoms with Crippen LogP contribution in [-0.2, 0) is 14.3 Å². The number of rotatable bonds is 11. The van der Waals surface area contributed by atoms with Gasteiger partial charge < -0.3 is 26.0 Å². The third-order valence-corrected chi connectivity index (χ3v) is 4.61. The van der Waals surface area contributed by atoms with Crippen molar-refractivity contribution in [3.05, 3.63) is 53.6 Å². The third-order valence-electron chi connectivity index (χ3n) is 4.61. The number of ether oxygens (including phenoxy) is 1. The molecular weight excluding hydrogens is 396 g/mol. The van der Waals surface area contributed by atoms with Crippen LogP contribution in [0.15, 0.2) is 42.5 Å². The van der Waals surface area contributed by atoms with E-state index in [0.29, 0.717) is 36.5 Å². The standard InChI is InChI=1S/C23H30N4O4/c1-4-21(28)27-20-8-5-7-19(16(20)2)25-15-22(29)26-18-11-9-17(10-12-18)23(30)24-13-6-14-31-3/h5,7-12,25H,4,6,13-15H2,1-3H3,(H,24,30)(H,26,29)(H,27,28). The van der Waals surface area contributed by atoms with Gasteiger partial charge in [0, 0.05) is 49.3 Å². The van der Waals surface area contributed by atoms with E-state index in [0.717, 1.165) is 17.7 Å². The third kappa shape index (κ3) is 7.75. The van der Waals surface area contributed by atoms with Crippen molar-refractivity contribution in [1.82, 2.24) is 5.32 Å². The number of hydrogen-bond donors (Lipinski definition) is 4. The molecule has 8 heteroatoms. The van der Waals surface area contributed by atoms with Crippen molar-refractivity contribution in [2.24, 2.45) is 0 Å². The van der Waals surface area contributed by atoms with Crippen molar-refractivity contribution in [3.63, 3.8) is 0 Å². The number of carbonyl (C=O) groups is 3. The fraction of sp³-hybridized carbons (Fsp3) is 0.348. The SMILES string of the molecule is CCC(=O)Nc1cccc(NCC(=O)Nc2ccc(C(=O)NCCCOC)cc2)c1C. The highest BCUT2D eigenvalue weighted by Crippen LogP contribution is 2.23. The van der Waals surface area contributed by atoms with Crippen LogP contribution in [0.5, 0.6) is 0 Å². The van der Waals surface area contributed by atoms with E-state index in [1.807, 2.05) is 25.1 Å². The van der Waals surface area contributed by atoms with E-state index in [2.05, 4.69) is 21.3 Å². The molecule has 4 N–H and O–H groups in total. The molecule has 0 aromatic heterocycles. The molecular formula is C23H30N4O4. The molecule has 0 fully saturated rings. The Kier molecular flexibility index (Phi) is 9.51. The van der Waals surface area contributed by atoms with Crippen LogP contribution in [-0.4, -0.2) is 44.5 Å². The van der Waals surface area contributed by atoms with Crippen molar-refractivity contribution in [2.75, 3.05) is 42.8 Å². The van der Waals surface area contributed by atoms with Gasteiger partial charge in [0.05, 0.1) is 6.54 Å². The summed E-state index contributed by atoms with van der Waals surface area (Å²) in [6.45, 7) is 4.87. The summed E-state index contributed by atoms with van der Waals surface area (Å²) in [7, 11) is 1.62. The summed E-state index contributed by atoms with van der Waals surface area (Å²) in [5, 5.41) is 11.5. The summed E-state index contributed by atoms with van der Waals surface area (Å²) in [4.78, 5) is 36.0. The molecule has 0 aliphatic carbocycles. The highest BCUT2D eigenvalue weighted by molar-refractivity contribution is 5.97. The van der Waals surface area contributed by atoms with Gasteiger partial charge in [0.25, 0.3) is 5.91 Å². The largest absolute Gasteiger partial charge is 0.385 e. The minimum Gasteiger partial charge on any atom is -0.385 e. The molecule has 3 amide bonds. The summed E-state index contributed by atoms with van der Waals surface area (Å²) in [6, 6.07) is 12.2. The highest BCUT2D eigenvalue weighted by atomic mass is 16.5. The zero-order valence-electron chi connectivity index (χ0n) is 18.2. The maximum Gasteiger partial charge on any atom is 0.251 e. The Morgan fingerprint density at radius 2 is 1.65 bits per heavy atom. The molecule has 0 aliphatic heterocycles. The first-order chi connectivity index (χ1) is 14.9. The van der Waals surface area contributed by atoms with Crippen molar-refractivity contribution in [2.45, 2.75) is 26.7 Å². The molecule has 0 spiro atoms. The molecule has 2 aromatic carbocycles. The molecule has 2 aromatic rings. The molecule has 31 heavy (non-hydrogen) atoms. The van der Waals surface area contributed by atoms with E-state index < -0.39 is 0 Å². The quantitative estimate of drug-likeness (QED) is 0.413. The van der Waals surface area contributed by atoms with E-state index in [1.54, 1.807) is 38.3 Å². The minimum absolute atomic E-state index is 0.0632. The first-order valence-corrected chi connectivity index (χ1v) is 10.2. The molecule has 0 saturated heterocycles. The average molecular weight is 427 g/mol. The average Bonchev–Trinajstić information content (AvgIpc) is 2.77. The second-order valence-corrected chi connectivity index (χ2v) is 6.96. The summed E-state index contributed by atoms with van der Waals surface area (Å²) < 4.78 is 4.95. The van der Waals surface area contributed by atoms with Gasteiger partial charge in [0.2, 0.25) is 11.8 Å². The molecule has 0 bridgehead atoms. The van der Waals surface area contributed by atoms with Crippen LogP contribution in [0.1, 0.15) is 35.7 Å². The van der Waals surface area contributed by atoms with Gasteiger partial charge in [0.15, 0.2) is 0 Å². The van der Waals surface area contributed by atoms with Gasteiger partial charge in [-0.2, -0.15) is 0 Å². The van der Waals surface area contributed by atoms with Crippen LogP contribution in [0.4, 0.5) is 17.1 Å². The van der Waals surface area contributed by atoms with Crippen molar-refractivity contribution in [1.29, 1.82) is 0 Å². The predicted octanol–water partition coefficient (Wildman–Crippen LogP) is 3.16. The predicted molar refractivity (Wildman–Crippen MR) is 122 cm³/mol. The number of anilines is 3. The monoisotopic (exact) mass is 426 g/mol. The topological polar surface area (TPSA) is 109 Å². The molecule has 8 nitrogen and oxygen atoms in total. The zero-order chi connectivity index (χ0) is 22.6. The molecule has 0 aliphatic rings. The fourth-order valence-corrected chi connectivity index (χ4v) is 2.81. The number of benzene rings is 2. The molecule has 0 radical (unpaired) electrons. The zero-order valence-corrected chi connectivity index (χ0v) is 18.2. The first-order valence-electron chi connectivity index (χ1n) is 10.2. The molecule has 166 valence electrons. The van der Waals surface area contributed by atoms with Crippen molar-refractivity contribution in [3.8, 4) is 0 Å². The maximum atomic E-state index is 12.3. The summed E-state index contributed by atoms with van der Waals surface area (Å²) in [6.07, 6.45) is 1.14. The number of amides is 3. The Bertz CT molecular complexity index is 897. The van der Waals surface area contributed by atoms with E-state index in [-0.39, 0.29) is 24.3 Å². The van der Waals surface area contributed by atoms with Crippen LogP contribution in [0.2, 0.25) is 0 Å². The van der Waals surface area contributed by atoms with Gasteiger partial charge >= 0.3 is 0 Å². The van der Waals surface area contributed by atoms with E-state index in [4.69, 9.17) is 4.74 Å². The Labute approximate surface area is 182 Å². The van der Waals surface area contributed by atoms with Gasteiger partial charge in [-0.05, 0) is 55.3 Å². The number of nitrogens with one attached hydrogen (secondary N) is 4. The second kappa shape index (κ2) is 12.3. The first kappa shape index (κ1) is 23.9. The Morgan fingerprint density at radius 3 is 2.32 bits per heavy atom. The van der Waals surface area contributed by atoms with Crippen LogP contribution in [0, 0.1) is 6.92 Å². The summed E-state index contributed by atoms with van der Waals surface area (Å²) in [5.74, 6) is -0.453. The normalized spacial score (nSPS) is 10.3. The lowest BCUT2D eigenvalue weighted by Gasteiger charge is -2.14. The van der Waals surface area contributed by atoms with Crippen LogP contribution >= 0.6 is 0 Å². The molecule has 0 unspecified atom stereocenters. The summed E-state index contributed by atoms with van der Waals surface area (Å²) in [5.41, 5.74) is 3.47. The molecule has 0 saturated carbocycles. The fourth-order valence-electron chi connectivity index (χ4n) is 2.81. The Balaban J connectivity index is 1.86. The minimum atomic E-state index is -0.223. The van der Waals surface area contributed by atoms with E-state index in [9.17, 15) is 14.4 Å². The number of hydrogen-bond acceptors (Lipinski definition) is 5. The number of methoxy groups -OCH3 is 1. The molecule has 0 heterocycles. The van der Waals surface area contributed by atoms with Gasteiger partial charge in [0.1, 0.15) is 0 Å². The van der Waals surface area contributed by atoms with Crippen LogP contribution in [0.25, 0.3) is 0 Å². The maximum absolute atomic E-state index is 12.3. The molecule has 0 atom stereocenters. The Morgan fingerprint density at radius 1 is 0.935 bits per heavy atom. The Hall–Kier alpha value is -3.39. The van der Waals surface area contributed by atoms with E-state index in [1.165, 1.54) is 0 Å². The van der Waals surface area contributed by atoms with Gasteiger partial charge in [-0.3, -0.25) is 14.4 Å². The smallest absolute Gasteiger partial charge is 0.251 e. The molecule has 2 rings (SSSR count). The van der Waals surface area contributed by atoms with Gasteiger partial charge in [-0.15, -0.1) is 0 Å². The lowest BCUT2D eigenvalue weighted by molar-refractivity contribution is -0.116. The van der Waals surface area contributed by atoms with E-state index >= 15 is 0 Å². The van der Waals surface area contributed by atoms with Crippen molar-refractivity contribution >= 4 is 34.8 Å². The lowest BCUT2D eigenvalue weighted by atomic mass is 10.1. The van der Waals surface area contributed by atoms with Crippen LogP contribution < -0.4 is 21.3 Å².